The monoisotopic (exact) mass is 218 g/mol. The third-order valence-electron chi connectivity index (χ3n) is 3.15. The van der Waals surface area contributed by atoms with Gasteiger partial charge in [0.15, 0.2) is 0 Å². The van der Waals surface area contributed by atoms with Crippen molar-refractivity contribution in [2.75, 3.05) is 24.5 Å². The van der Waals surface area contributed by atoms with Gasteiger partial charge < -0.3 is 9.80 Å². The van der Waals surface area contributed by atoms with Crippen molar-refractivity contribution in [2.45, 2.75) is 19.9 Å². The summed E-state index contributed by atoms with van der Waals surface area (Å²) in [5.41, 5.74) is 1.25. The Hall–Kier alpha value is -1.51. The smallest absolute Gasteiger partial charge is 0.219 e. The number of rotatable bonds is 1. The van der Waals surface area contributed by atoms with E-state index < -0.39 is 0 Å². The summed E-state index contributed by atoms with van der Waals surface area (Å²) in [5, 5.41) is 0. The summed E-state index contributed by atoms with van der Waals surface area (Å²) in [6.45, 7) is 6.42. The number of para-hydroxylation sites is 1. The highest BCUT2D eigenvalue weighted by atomic mass is 16.2. The van der Waals surface area contributed by atoms with Gasteiger partial charge in [-0.1, -0.05) is 18.2 Å². The molecule has 1 aromatic rings. The van der Waals surface area contributed by atoms with Crippen LogP contribution in [-0.2, 0) is 4.79 Å². The Morgan fingerprint density at radius 3 is 2.50 bits per heavy atom. The summed E-state index contributed by atoms with van der Waals surface area (Å²) in [6, 6.07) is 10.7. The minimum atomic E-state index is 0.181. The fourth-order valence-corrected chi connectivity index (χ4v) is 2.30. The predicted octanol–water partition coefficient (Wildman–Crippen LogP) is 1.74. The summed E-state index contributed by atoms with van der Waals surface area (Å²) in [4.78, 5) is 15.6. The lowest BCUT2D eigenvalue weighted by molar-refractivity contribution is -0.131. The van der Waals surface area contributed by atoms with E-state index in [4.69, 9.17) is 0 Å². The molecular formula is C13H18N2O. The molecule has 2 rings (SSSR count). The second-order valence-corrected chi connectivity index (χ2v) is 4.34. The lowest BCUT2D eigenvalue weighted by atomic mass is 10.1. The number of nitrogens with zero attached hydrogens (tertiary/aromatic N) is 2. The third-order valence-corrected chi connectivity index (χ3v) is 3.15. The molecule has 0 N–H and O–H groups in total. The molecule has 1 fully saturated rings. The number of hydrogen-bond acceptors (Lipinski definition) is 2. The van der Waals surface area contributed by atoms with E-state index in [-0.39, 0.29) is 5.91 Å². The molecule has 3 nitrogen and oxygen atoms in total. The van der Waals surface area contributed by atoms with Gasteiger partial charge in [-0.25, -0.2) is 0 Å². The summed E-state index contributed by atoms with van der Waals surface area (Å²) in [7, 11) is 0. The molecule has 1 aliphatic rings. The van der Waals surface area contributed by atoms with E-state index in [1.165, 1.54) is 5.69 Å². The molecule has 1 saturated heterocycles. The first-order valence-corrected chi connectivity index (χ1v) is 5.75. The summed E-state index contributed by atoms with van der Waals surface area (Å²) < 4.78 is 0. The maximum Gasteiger partial charge on any atom is 0.219 e. The topological polar surface area (TPSA) is 23.6 Å². The standard InChI is InChI=1S/C13H18N2O/c1-11-10-14(8-9-15(11)12(2)16)13-6-4-3-5-7-13/h3-7,11H,8-10H2,1-2H3. The van der Waals surface area contributed by atoms with Crippen LogP contribution in [0.3, 0.4) is 0 Å². The van der Waals surface area contributed by atoms with Gasteiger partial charge in [0, 0.05) is 38.3 Å². The number of carbonyl (C=O) groups excluding carboxylic acids is 1. The van der Waals surface area contributed by atoms with E-state index in [0.717, 1.165) is 19.6 Å². The van der Waals surface area contributed by atoms with Crippen LogP contribution in [0, 0.1) is 0 Å². The maximum absolute atomic E-state index is 11.4. The van der Waals surface area contributed by atoms with Gasteiger partial charge in [-0.2, -0.15) is 0 Å². The van der Waals surface area contributed by atoms with Gasteiger partial charge in [-0.15, -0.1) is 0 Å². The summed E-state index contributed by atoms with van der Waals surface area (Å²) in [5.74, 6) is 0.181. The van der Waals surface area contributed by atoms with Gasteiger partial charge in [0.2, 0.25) is 5.91 Å². The first-order valence-electron chi connectivity index (χ1n) is 5.75. The molecule has 0 saturated carbocycles. The lowest BCUT2D eigenvalue weighted by Crippen LogP contribution is -2.53. The van der Waals surface area contributed by atoms with Crippen LogP contribution in [-0.4, -0.2) is 36.5 Å². The number of amides is 1. The van der Waals surface area contributed by atoms with Crippen LogP contribution < -0.4 is 4.90 Å². The van der Waals surface area contributed by atoms with Crippen molar-refractivity contribution >= 4 is 11.6 Å². The highest BCUT2D eigenvalue weighted by Gasteiger charge is 2.25. The molecule has 1 atom stereocenters. The van der Waals surface area contributed by atoms with Crippen molar-refractivity contribution < 1.29 is 4.79 Å². The van der Waals surface area contributed by atoms with E-state index in [0.29, 0.717) is 6.04 Å². The van der Waals surface area contributed by atoms with E-state index in [1.807, 2.05) is 11.0 Å². The number of benzene rings is 1. The Morgan fingerprint density at radius 1 is 1.25 bits per heavy atom. The molecule has 1 aromatic carbocycles. The lowest BCUT2D eigenvalue weighted by Gasteiger charge is -2.40. The Balaban J connectivity index is 2.05. The van der Waals surface area contributed by atoms with Crippen LogP contribution in [0.25, 0.3) is 0 Å². The molecule has 16 heavy (non-hydrogen) atoms. The van der Waals surface area contributed by atoms with Gasteiger partial charge in [-0.05, 0) is 19.1 Å². The van der Waals surface area contributed by atoms with Crippen LogP contribution in [0.2, 0.25) is 0 Å². The summed E-state index contributed by atoms with van der Waals surface area (Å²) >= 11 is 0. The highest BCUT2D eigenvalue weighted by molar-refractivity contribution is 5.74. The molecule has 1 heterocycles. The Labute approximate surface area is 96.7 Å². The van der Waals surface area contributed by atoms with Gasteiger partial charge in [-0.3, -0.25) is 4.79 Å². The Morgan fingerprint density at radius 2 is 1.94 bits per heavy atom. The van der Waals surface area contributed by atoms with E-state index >= 15 is 0 Å². The average molecular weight is 218 g/mol. The number of carbonyl (C=O) groups is 1. The fourth-order valence-electron chi connectivity index (χ4n) is 2.30. The molecule has 1 unspecified atom stereocenters. The van der Waals surface area contributed by atoms with Crippen molar-refractivity contribution in [1.29, 1.82) is 0 Å². The van der Waals surface area contributed by atoms with Gasteiger partial charge in [0.25, 0.3) is 0 Å². The predicted molar refractivity (Wildman–Crippen MR) is 65.5 cm³/mol. The third kappa shape index (κ3) is 2.18. The fraction of sp³-hybridized carbons (Fsp3) is 0.462. The Kier molecular flexibility index (Phi) is 3.13. The van der Waals surface area contributed by atoms with E-state index in [2.05, 4.69) is 36.1 Å². The summed E-state index contributed by atoms with van der Waals surface area (Å²) in [6.07, 6.45) is 0. The van der Waals surface area contributed by atoms with Gasteiger partial charge >= 0.3 is 0 Å². The number of anilines is 1. The average Bonchev–Trinajstić information content (AvgIpc) is 2.29. The molecule has 0 aromatic heterocycles. The zero-order chi connectivity index (χ0) is 11.5. The van der Waals surface area contributed by atoms with Gasteiger partial charge in [0.05, 0.1) is 0 Å². The van der Waals surface area contributed by atoms with Gasteiger partial charge in [0.1, 0.15) is 0 Å². The molecule has 0 bridgehead atoms. The maximum atomic E-state index is 11.4. The molecule has 0 radical (unpaired) electrons. The van der Waals surface area contributed by atoms with Crippen molar-refractivity contribution in [3.63, 3.8) is 0 Å². The quantitative estimate of drug-likeness (QED) is 0.717. The second kappa shape index (κ2) is 4.56. The first-order chi connectivity index (χ1) is 7.68. The van der Waals surface area contributed by atoms with Crippen molar-refractivity contribution in [3.8, 4) is 0 Å². The van der Waals surface area contributed by atoms with Crippen molar-refractivity contribution in [1.82, 2.24) is 4.90 Å². The van der Waals surface area contributed by atoms with Crippen molar-refractivity contribution in [2.24, 2.45) is 0 Å². The number of piperazine rings is 1. The minimum absolute atomic E-state index is 0.181. The van der Waals surface area contributed by atoms with Crippen LogP contribution in [0.15, 0.2) is 30.3 Å². The molecule has 0 spiro atoms. The molecule has 1 amide bonds. The normalized spacial score (nSPS) is 21.0. The SMILES string of the molecule is CC(=O)N1CCN(c2ccccc2)CC1C. The van der Waals surface area contributed by atoms with Crippen LogP contribution in [0.4, 0.5) is 5.69 Å². The first kappa shape index (κ1) is 11.0. The van der Waals surface area contributed by atoms with E-state index in [9.17, 15) is 4.79 Å². The molecular weight excluding hydrogens is 200 g/mol. The largest absolute Gasteiger partial charge is 0.368 e. The molecule has 86 valence electrons. The zero-order valence-corrected chi connectivity index (χ0v) is 9.89. The second-order valence-electron chi connectivity index (χ2n) is 4.34. The highest BCUT2D eigenvalue weighted by Crippen LogP contribution is 2.18. The van der Waals surface area contributed by atoms with Crippen molar-refractivity contribution in [3.05, 3.63) is 30.3 Å². The number of hydrogen-bond donors (Lipinski definition) is 0. The zero-order valence-electron chi connectivity index (χ0n) is 9.89. The van der Waals surface area contributed by atoms with Crippen LogP contribution in [0.1, 0.15) is 13.8 Å². The molecule has 3 heteroatoms. The van der Waals surface area contributed by atoms with E-state index in [1.54, 1.807) is 6.92 Å². The minimum Gasteiger partial charge on any atom is -0.368 e. The van der Waals surface area contributed by atoms with Crippen LogP contribution >= 0.6 is 0 Å². The molecule has 0 aliphatic carbocycles. The Bertz CT molecular complexity index is 363. The molecule has 1 aliphatic heterocycles. The van der Waals surface area contributed by atoms with Crippen LogP contribution in [0.5, 0.6) is 0 Å².